The molecule has 5 heteroatoms. The van der Waals surface area contributed by atoms with Crippen molar-refractivity contribution >= 4 is 23.2 Å². The second-order valence-electron chi connectivity index (χ2n) is 2.39. The van der Waals surface area contributed by atoms with E-state index in [-0.39, 0.29) is 16.5 Å². The standard InChI is InChI=1S/C6H7Cl2N3/c1-3(2)4-9-5(7)11-6(8)10-4/h3H,1-2H3. The van der Waals surface area contributed by atoms with Crippen LogP contribution in [0.15, 0.2) is 0 Å². The summed E-state index contributed by atoms with van der Waals surface area (Å²) in [5.41, 5.74) is 0. The molecule has 0 spiro atoms. The summed E-state index contributed by atoms with van der Waals surface area (Å²) in [6.45, 7) is 3.92. The molecule has 1 aromatic heterocycles. The molecule has 1 aromatic rings. The Hall–Kier alpha value is -0.410. The summed E-state index contributed by atoms with van der Waals surface area (Å²) in [4.78, 5) is 11.4. The number of aromatic nitrogens is 3. The highest BCUT2D eigenvalue weighted by atomic mass is 35.5. The molecule has 0 saturated heterocycles. The first-order valence-electron chi connectivity index (χ1n) is 3.16. The minimum Gasteiger partial charge on any atom is -0.202 e. The lowest BCUT2D eigenvalue weighted by Crippen LogP contribution is -1.99. The van der Waals surface area contributed by atoms with E-state index in [1.807, 2.05) is 13.8 Å². The molecule has 0 aromatic carbocycles. The Kier molecular flexibility index (Phi) is 2.62. The molecule has 0 N–H and O–H groups in total. The number of nitrogens with zero attached hydrogens (tertiary/aromatic N) is 3. The van der Waals surface area contributed by atoms with Gasteiger partial charge in [-0.15, -0.1) is 0 Å². The molecule has 0 saturated carbocycles. The van der Waals surface area contributed by atoms with E-state index in [2.05, 4.69) is 15.0 Å². The molecule has 0 bridgehead atoms. The van der Waals surface area contributed by atoms with Gasteiger partial charge in [-0.25, -0.2) is 9.97 Å². The quantitative estimate of drug-likeness (QED) is 0.685. The van der Waals surface area contributed by atoms with Crippen molar-refractivity contribution in [3.63, 3.8) is 0 Å². The SMILES string of the molecule is CC(C)c1nc(Cl)nc(Cl)n1. The van der Waals surface area contributed by atoms with Crippen molar-refractivity contribution in [2.24, 2.45) is 0 Å². The highest BCUT2D eigenvalue weighted by Gasteiger charge is 2.05. The van der Waals surface area contributed by atoms with E-state index in [9.17, 15) is 0 Å². The number of halogens is 2. The predicted molar refractivity (Wildman–Crippen MR) is 43.9 cm³/mol. The Balaban J connectivity index is 3.08. The average molecular weight is 192 g/mol. The summed E-state index contributed by atoms with van der Waals surface area (Å²) in [5.74, 6) is 0.836. The van der Waals surface area contributed by atoms with Crippen molar-refractivity contribution in [2.75, 3.05) is 0 Å². The number of hydrogen-bond donors (Lipinski definition) is 0. The van der Waals surface area contributed by atoms with Gasteiger partial charge in [0.1, 0.15) is 5.82 Å². The third-order valence-corrected chi connectivity index (χ3v) is 1.45. The third-order valence-electron chi connectivity index (χ3n) is 1.11. The summed E-state index contributed by atoms with van der Waals surface area (Å²) in [7, 11) is 0. The minimum absolute atomic E-state index is 0.147. The molecule has 0 radical (unpaired) electrons. The maximum absolute atomic E-state index is 5.55. The Morgan fingerprint density at radius 2 is 1.45 bits per heavy atom. The first kappa shape index (κ1) is 8.68. The Bertz CT molecular complexity index is 242. The maximum atomic E-state index is 5.55. The molecule has 60 valence electrons. The normalized spacial score (nSPS) is 10.6. The van der Waals surface area contributed by atoms with Crippen LogP contribution < -0.4 is 0 Å². The zero-order valence-corrected chi connectivity index (χ0v) is 7.69. The topological polar surface area (TPSA) is 38.7 Å². The maximum Gasteiger partial charge on any atom is 0.226 e. The highest BCUT2D eigenvalue weighted by molar-refractivity contribution is 6.30. The number of rotatable bonds is 1. The molecule has 0 aliphatic carbocycles. The Morgan fingerprint density at radius 3 is 1.82 bits per heavy atom. The van der Waals surface area contributed by atoms with Crippen LogP contribution >= 0.6 is 23.2 Å². The second kappa shape index (κ2) is 3.32. The second-order valence-corrected chi connectivity index (χ2v) is 3.06. The molecule has 11 heavy (non-hydrogen) atoms. The van der Waals surface area contributed by atoms with Gasteiger partial charge in [0.15, 0.2) is 0 Å². The first-order valence-corrected chi connectivity index (χ1v) is 3.92. The van der Waals surface area contributed by atoms with Gasteiger partial charge in [-0.1, -0.05) is 13.8 Å². The van der Waals surface area contributed by atoms with Crippen molar-refractivity contribution in [1.82, 2.24) is 15.0 Å². The van der Waals surface area contributed by atoms with Crippen molar-refractivity contribution in [2.45, 2.75) is 19.8 Å². The molecule has 3 nitrogen and oxygen atoms in total. The molecular weight excluding hydrogens is 185 g/mol. The van der Waals surface area contributed by atoms with Gasteiger partial charge in [-0.3, -0.25) is 0 Å². The van der Waals surface area contributed by atoms with Gasteiger partial charge in [-0.2, -0.15) is 4.98 Å². The molecule has 0 amide bonds. The van der Waals surface area contributed by atoms with Gasteiger partial charge in [0.2, 0.25) is 10.6 Å². The molecule has 1 rings (SSSR count). The van der Waals surface area contributed by atoms with E-state index >= 15 is 0 Å². The van der Waals surface area contributed by atoms with Crippen LogP contribution in [0.3, 0.4) is 0 Å². The summed E-state index contributed by atoms with van der Waals surface area (Å²) in [6, 6.07) is 0. The van der Waals surface area contributed by atoms with E-state index in [1.54, 1.807) is 0 Å². The molecule has 0 aliphatic rings. The third kappa shape index (κ3) is 2.27. The number of hydrogen-bond acceptors (Lipinski definition) is 3. The molecule has 0 unspecified atom stereocenters. The summed E-state index contributed by atoms with van der Waals surface area (Å²) < 4.78 is 0. The van der Waals surface area contributed by atoms with Crippen molar-refractivity contribution in [3.05, 3.63) is 16.4 Å². The van der Waals surface area contributed by atoms with E-state index in [0.29, 0.717) is 5.82 Å². The van der Waals surface area contributed by atoms with Gasteiger partial charge in [0.05, 0.1) is 0 Å². The van der Waals surface area contributed by atoms with Crippen molar-refractivity contribution in [1.29, 1.82) is 0 Å². The zero-order chi connectivity index (χ0) is 8.43. The predicted octanol–water partition coefficient (Wildman–Crippen LogP) is 2.30. The minimum atomic E-state index is 0.147. The van der Waals surface area contributed by atoms with Crippen LogP contribution in [0.1, 0.15) is 25.6 Å². The van der Waals surface area contributed by atoms with Crippen LogP contribution in [0.5, 0.6) is 0 Å². The monoisotopic (exact) mass is 191 g/mol. The summed E-state index contributed by atoms with van der Waals surface area (Å²) in [6.07, 6.45) is 0. The fraction of sp³-hybridized carbons (Fsp3) is 0.500. The van der Waals surface area contributed by atoms with Gasteiger partial charge < -0.3 is 0 Å². The molecule has 0 atom stereocenters. The first-order chi connectivity index (χ1) is 5.09. The zero-order valence-electron chi connectivity index (χ0n) is 6.17. The molecular formula is C6H7Cl2N3. The van der Waals surface area contributed by atoms with Crippen LogP contribution in [0.25, 0.3) is 0 Å². The van der Waals surface area contributed by atoms with Crippen LogP contribution in [0.2, 0.25) is 10.6 Å². The Morgan fingerprint density at radius 1 is 1.00 bits per heavy atom. The lowest BCUT2D eigenvalue weighted by molar-refractivity contribution is 0.760. The van der Waals surface area contributed by atoms with Crippen LogP contribution in [0.4, 0.5) is 0 Å². The van der Waals surface area contributed by atoms with E-state index < -0.39 is 0 Å². The molecule has 0 aliphatic heterocycles. The van der Waals surface area contributed by atoms with Crippen molar-refractivity contribution < 1.29 is 0 Å². The van der Waals surface area contributed by atoms with E-state index in [1.165, 1.54) is 0 Å². The van der Waals surface area contributed by atoms with Gasteiger partial charge in [0.25, 0.3) is 0 Å². The fourth-order valence-corrected chi connectivity index (χ4v) is 0.975. The smallest absolute Gasteiger partial charge is 0.202 e. The van der Waals surface area contributed by atoms with Crippen molar-refractivity contribution in [3.8, 4) is 0 Å². The van der Waals surface area contributed by atoms with Gasteiger partial charge in [-0.05, 0) is 23.2 Å². The lowest BCUT2D eigenvalue weighted by Gasteiger charge is -2.01. The molecule has 1 heterocycles. The van der Waals surface area contributed by atoms with Gasteiger partial charge in [0, 0.05) is 5.92 Å². The van der Waals surface area contributed by atoms with Crippen LogP contribution in [-0.4, -0.2) is 15.0 Å². The lowest BCUT2D eigenvalue weighted by atomic mass is 10.2. The van der Waals surface area contributed by atoms with E-state index in [0.717, 1.165) is 0 Å². The largest absolute Gasteiger partial charge is 0.226 e. The average Bonchev–Trinajstić information content (AvgIpc) is 1.85. The van der Waals surface area contributed by atoms with Crippen LogP contribution in [-0.2, 0) is 0 Å². The molecule has 0 fully saturated rings. The van der Waals surface area contributed by atoms with E-state index in [4.69, 9.17) is 23.2 Å². The Labute approximate surface area is 74.8 Å². The summed E-state index contributed by atoms with van der Waals surface area (Å²) >= 11 is 11.1. The fourth-order valence-electron chi connectivity index (χ4n) is 0.598. The summed E-state index contributed by atoms with van der Waals surface area (Å²) in [5, 5.41) is 0.294. The highest BCUT2D eigenvalue weighted by Crippen LogP contribution is 2.13. The van der Waals surface area contributed by atoms with Crippen LogP contribution in [0, 0.1) is 0 Å². The van der Waals surface area contributed by atoms with Gasteiger partial charge >= 0.3 is 0 Å².